The first-order valence-corrected chi connectivity index (χ1v) is 16.9. The molecule has 4 aliphatic rings. The summed E-state index contributed by atoms with van der Waals surface area (Å²) >= 11 is 0. The smallest absolute Gasteiger partial charge is 0.261 e. The molecule has 3 aromatic carbocycles. The zero-order valence-electron chi connectivity index (χ0n) is 27.8. The number of ether oxygens (including phenoxy) is 1. The van der Waals surface area contributed by atoms with Gasteiger partial charge in [-0.05, 0) is 84.4 Å². The Labute approximate surface area is 276 Å². The first-order chi connectivity index (χ1) is 22.7. The van der Waals surface area contributed by atoms with E-state index in [0.29, 0.717) is 52.4 Å². The van der Waals surface area contributed by atoms with Gasteiger partial charge < -0.3 is 19.9 Å². The Morgan fingerprint density at radius 3 is 2.53 bits per heavy atom. The topological polar surface area (TPSA) is 75.0 Å². The van der Waals surface area contributed by atoms with Gasteiger partial charge in [-0.3, -0.25) is 9.36 Å². The van der Waals surface area contributed by atoms with Crippen LogP contribution in [0.25, 0.3) is 10.9 Å². The van der Waals surface area contributed by atoms with Gasteiger partial charge in [-0.15, -0.1) is 0 Å². The Morgan fingerprint density at radius 1 is 1.04 bits per heavy atom. The van der Waals surface area contributed by atoms with Crippen molar-refractivity contribution in [3.8, 4) is 5.75 Å². The molecule has 4 atom stereocenters. The lowest BCUT2D eigenvalue weighted by Crippen LogP contribution is -2.57. The first-order valence-electron chi connectivity index (χ1n) is 16.9. The normalized spacial score (nSPS) is 23.8. The molecule has 9 heteroatoms. The van der Waals surface area contributed by atoms with Gasteiger partial charge in [0, 0.05) is 50.2 Å². The van der Waals surface area contributed by atoms with Crippen LogP contribution in [-0.2, 0) is 13.0 Å². The predicted molar refractivity (Wildman–Crippen MR) is 187 cm³/mol. The molecule has 47 heavy (non-hydrogen) atoms. The van der Waals surface area contributed by atoms with Crippen LogP contribution in [0.3, 0.4) is 0 Å². The van der Waals surface area contributed by atoms with E-state index in [0.717, 1.165) is 50.2 Å². The molecule has 2 bridgehead atoms. The third-order valence-electron chi connectivity index (χ3n) is 11.3. The van der Waals surface area contributed by atoms with Gasteiger partial charge in [0.1, 0.15) is 11.6 Å². The van der Waals surface area contributed by atoms with E-state index in [1.54, 1.807) is 23.0 Å². The van der Waals surface area contributed by atoms with Gasteiger partial charge >= 0.3 is 0 Å². The summed E-state index contributed by atoms with van der Waals surface area (Å²) in [5.74, 6) is 2.99. The monoisotopic (exact) mass is 636 g/mol. The summed E-state index contributed by atoms with van der Waals surface area (Å²) in [6.07, 6.45) is 4.38. The molecule has 2 heterocycles. The number of nitrogens with zero attached hydrogens (tertiary/aromatic N) is 5. The molecule has 1 aromatic heterocycles. The number of methoxy groups -OCH3 is 1. The fraction of sp³-hybridized carbons (Fsp3) is 0.447. The second kappa shape index (κ2) is 12.7. The number of para-hydroxylation sites is 1. The summed E-state index contributed by atoms with van der Waals surface area (Å²) in [5.41, 5.74) is 3.53. The molecule has 0 spiro atoms. The number of piperazine rings is 1. The zero-order valence-corrected chi connectivity index (χ0v) is 27.8. The standard InChI is InChI=1S/C38H45FN6O2/c1-25-32-20-27(38(32,2)3)21-34(25)42-37(44-18-16-43(17-19-44)29-8-6-5-7-9-29)41-28-11-13-31-35(22-28)40-24-45(36(31)46)15-14-26-10-12-30(47-4)23-33(26)39/h5-13,22-25,27,32,34H,14-21H2,1-4H3,(H,41,42). The molecule has 4 fully saturated rings. The van der Waals surface area contributed by atoms with E-state index < -0.39 is 0 Å². The fourth-order valence-electron chi connectivity index (χ4n) is 8.08. The molecule has 246 valence electrons. The van der Waals surface area contributed by atoms with Gasteiger partial charge in [-0.25, -0.2) is 14.4 Å². The molecule has 1 N–H and O–H groups in total. The first kappa shape index (κ1) is 31.2. The Balaban J connectivity index is 1.11. The number of nitrogens with one attached hydrogen (secondary N) is 1. The van der Waals surface area contributed by atoms with Crippen LogP contribution in [-0.4, -0.2) is 59.7 Å². The van der Waals surface area contributed by atoms with Gasteiger partial charge in [-0.1, -0.05) is 45.0 Å². The highest BCUT2D eigenvalue weighted by atomic mass is 19.1. The molecule has 4 unspecified atom stereocenters. The Kier molecular flexibility index (Phi) is 8.41. The molecule has 1 aliphatic heterocycles. The van der Waals surface area contributed by atoms with E-state index in [1.807, 2.05) is 18.2 Å². The maximum absolute atomic E-state index is 14.5. The van der Waals surface area contributed by atoms with Crippen LogP contribution in [0.4, 0.5) is 15.8 Å². The highest BCUT2D eigenvalue weighted by Crippen LogP contribution is 2.61. The van der Waals surface area contributed by atoms with Gasteiger partial charge in [-0.2, -0.15) is 0 Å². The zero-order chi connectivity index (χ0) is 32.7. The lowest BCUT2D eigenvalue weighted by molar-refractivity contribution is -0.108. The van der Waals surface area contributed by atoms with Crippen molar-refractivity contribution in [1.29, 1.82) is 0 Å². The molecule has 8 nitrogen and oxygen atoms in total. The maximum atomic E-state index is 14.5. The molecule has 3 saturated carbocycles. The van der Waals surface area contributed by atoms with E-state index in [-0.39, 0.29) is 17.4 Å². The minimum absolute atomic E-state index is 0.140. The Bertz CT molecular complexity index is 1830. The molecule has 4 aromatic rings. The van der Waals surface area contributed by atoms with Crippen LogP contribution in [0.1, 0.15) is 39.2 Å². The number of anilines is 2. The van der Waals surface area contributed by atoms with E-state index in [4.69, 9.17) is 9.73 Å². The average Bonchev–Trinajstić information content (AvgIpc) is 3.09. The van der Waals surface area contributed by atoms with Crippen molar-refractivity contribution in [3.63, 3.8) is 0 Å². The van der Waals surface area contributed by atoms with E-state index in [1.165, 1.54) is 25.3 Å². The van der Waals surface area contributed by atoms with E-state index in [9.17, 15) is 9.18 Å². The lowest BCUT2D eigenvalue weighted by atomic mass is 9.45. The summed E-state index contributed by atoms with van der Waals surface area (Å²) in [5, 5.41) is 4.20. The van der Waals surface area contributed by atoms with Crippen molar-refractivity contribution in [2.45, 2.75) is 52.6 Å². The number of aromatic nitrogens is 2. The van der Waals surface area contributed by atoms with Crippen LogP contribution >= 0.6 is 0 Å². The van der Waals surface area contributed by atoms with Gasteiger partial charge in [0.2, 0.25) is 0 Å². The molecule has 0 amide bonds. The van der Waals surface area contributed by atoms with Crippen LogP contribution in [0.15, 0.2) is 82.8 Å². The number of halogens is 1. The van der Waals surface area contributed by atoms with Crippen LogP contribution in [0.5, 0.6) is 5.75 Å². The highest BCUT2D eigenvalue weighted by Gasteiger charge is 2.56. The Morgan fingerprint density at radius 2 is 1.83 bits per heavy atom. The van der Waals surface area contributed by atoms with Gasteiger partial charge in [0.05, 0.1) is 30.4 Å². The van der Waals surface area contributed by atoms with Crippen LogP contribution in [0.2, 0.25) is 0 Å². The number of guanidine groups is 1. The van der Waals surface area contributed by atoms with Gasteiger partial charge in [0.15, 0.2) is 5.96 Å². The second-order valence-electron chi connectivity index (χ2n) is 14.1. The summed E-state index contributed by atoms with van der Waals surface area (Å²) in [6.45, 7) is 11.1. The number of hydrogen-bond acceptors (Lipinski definition) is 5. The highest BCUT2D eigenvalue weighted by molar-refractivity contribution is 5.96. The molecule has 8 rings (SSSR count). The lowest BCUT2D eigenvalue weighted by Gasteiger charge is -2.61. The predicted octanol–water partition coefficient (Wildman–Crippen LogP) is 6.45. The van der Waals surface area contributed by atoms with Crippen molar-refractivity contribution in [2.75, 3.05) is 43.5 Å². The quantitative estimate of drug-likeness (QED) is 0.186. The van der Waals surface area contributed by atoms with Crippen LogP contribution in [0, 0.1) is 29.0 Å². The van der Waals surface area contributed by atoms with E-state index in [2.05, 4.69) is 71.2 Å². The number of hydrogen-bond donors (Lipinski definition) is 1. The summed E-state index contributed by atoms with van der Waals surface area (Å²) < 4.78 is 21.1. The third kappa shape index (κ3) is 6.08. The second-order valence-corrected chi connectivity index (χ2v) is 14.1. The summed E-state index contributed by atoms with van der Waals surface area (Å²) in [4.78, 5) is 28.3. The van der Waals surface area contributed by atoms with Crippen LogP contribution < -0.4 is 20.5 Å². The molecule has 1 saturated heterocycles. The third-order valence-corrected chi connectivity index (χ3v) is 11.3. The number of aliphatic imine (C=N–C) groups is 1. The number of aryl methyl sites for hydroxylation is 2. The van der Waals surface area contributed by atoms with Crippen molar-refractivity contribution >= 4 is 28.2 Å². The van der Waals surface area contributed by atoms with Crippen molar-refractivity contribution in [3.05, 3.63) is 94.8 Å². The summed E-state index contributed by atoms with van der Waals surface area (Å²) in [7, 11) is 1.51. The average molecular weight is 637 g/mol. The number of benzene rings is 3. The van der Waals surface area contributed by atoms with Crippen molar-refractivity contribution in [2.24, 2.45) is 28.2 Å². The van der Waals surface area contributed by atoms with Crippen molar-refractivity contribution < 1.29 is 9.13 Å². The number of fused-ring (bicyclic) bond motifs is 3. The molecule has 3 aliphatic carbocycles. The largest absolute Gasteiger partial charge is 0.497 e. The molecular formula is C38H45FN6O2. The molecule has 0 radical (unpaired) electrons. The SMILES string of the molecule is COc1ccc(CCn2cnc3cc(NC(=NC4CC5CC(C4C)C5(C)C)N4CCN(c5ccccc5)CC4)ccc3c2=O)c(F)c1. The van der Waals surface area contributed by atoms with Crippen molar-refractivity contribution in [1.82, 2.24) is 14.5 Å². The Hall–Kier alpha value is -4.40. The number of rotatable bonds is 7. The molecular weight excluding hydrogens is 591 g/mol. The minimum Gasteiger partial charge on any atom is -0.497 e. The van der Waals surface area contributed by atoms with Gasteiger partial charge in [0.25, 0.3) is 5.56 Å². The minimum atomic E-state index is -0.343. The van der Waals surface area contributed by atoms with E-state index >= 15 is 0 Å². The summed E-state index contributed by atoms with van der Waals surface area (Å²) in [6, 6.07) is 21.4. The maximum Gasteiger partial charge on any atom is 0.261 e. The fourth-order valence-corrected chi connectivity index (χ4v) is 8.08.